The lowest BCUT2D eigenvalue weighted by Crippen LogP contribution is -2.81. The van der Waals surface area contributed by atoms with Crippen LogP contribution in [0.5, 0.6) is 0 Å². The average Bonchev–Trinajstić information content (AvgIpc) is 3.28. The maximum Gasteiger partial charge on any atom is 0.212 e. The Hall–Kier alpha value is -5.65. The highest BCUT2D eigenvalue weighted by Gasteiger charge is 2.52. The van der Waals surface area contributed by atoms with Crippen LogP contribution in [-0.4, -0.2) is 22.8 Å². The Balaban J connectivity index is 0.000000337. The van der Waals surface area contributed by atoms with Gasteiger partial charge in [-0.3, -0.25) is 4.79 Å². The number of benzene rings is 6. The predicted octanol–water partition coefficient (Wildman–Crippen LogP) is 9.59. The van der Waals surface area contributed by atoms with Crippen LogP contribution in [0.4, 0.5) is 87.8 Å². The lowest BCUT2D eigenvalue weighted by Gasteiger charge is -2.44. The fourth-order valence-electron chi connectivity index (χ4n) is 6.67. The Morgan fingerprint density at radius 3 is 0.906 bits per heavy atom. The molecule has 24 heteroatoms. The molecule has 1 nitrogen and oxygen atoms in total. The minimum atomic E-state index is -7.22. The molecule has 0 heterocycles. The Morgan fingerprint density at radius 2 is 0.656 bits per heavy atom. The van der Waals surface area contributed by atoms with E-state index in [2.05, 4.69) is 43.8 Å². The number of halogens is 20. The third-order valence-corrected chi connectivity index (χ3v) is 12.4. The summed E-state index contributed by atoms with van der Waals surface area (Å²) in [6.07, 6.45) is -7.22. The highest BCUT2D eigenvalue weighted by atomic mass is 32.2. The number of aryl methyl sites for hydroxylation is 1. The van der Waals surface area contributed by atoms with Gasteiger partial charge in [-0.25, -0.2) is 87.8 Å². The van der Waals surface area contributed by atoms with Gasteiger partial charge in [-0.05, 0) is 19.1 Å². The zero-order valence-electron chi connectivity index (χ0n) is 31.0. The van der Waals surface area contributed by atoms with Gasteiger partial charge in [-0.15, -0.1) is 34.5 Å². The number of hydrogen-bond acceptors (Lipinski definition) is 2. The number of Topliss-reactive ketones (excluding diaryl/α,β-unsaturated/α-hetero) is 1. The van der Waals surface area contributed by atoms with E-state index in [4.69, 9.17) is 0 Å². The molecule has 1 atom stereocenters. The Bertz CT molecular complexity index is 2440. The molecule has 0 saturated heterocycles. The van der Waals surface area contributed by atoms with Crippen molar-refractivity contribution in [3.63, 3.8) is 0 Å². The molecule has 0 aromatic heterocycles. The number of carbonyl (C=O) groups is 1. The molecule has 0 N–H and O–H groups in total. The van der Waals surface area contributed by atoms with Gasteiger partial charge in [0.1, 0.15) is 52.7 Å². The Labute approximate surface area is 354 Å². The largest absolute Gasteiger partial charge is 0.289 e. The molecule has 0 aliphatic heterocycles. The standard InChI is InChI=1S/C24BF20.C16H16OS2/c26-5-1(6(27)14(35)21(42)13(5)34)25(2-7(28)15(36)22(43)16(37)8(2)29,3-9(30)17(38)23(44)18(39)10(3)31)4-11(32)19(40)24(45)20(41)12(4)33;1-13-7-9-15(10-8-13)19(12-18)11-16(17)14-5-3-2-4-6-14/h;2-10H,11-12H2,1H3/q-1;/p+1. The molecule has 0 amide bonds. The van der Waals surface area contributed by atoms with E-state index in [1.807, 2.05) is 30.3 Å². The molecule has 0 saturated carbocycles. The summed E-state index contributed by atoms with van der Waals surface area (Å²) < 4.78 is 294. The molecule has 0 radical (unpaired) electrons. The summed E-state index contributed by atoms with van der Waals surface area (Å²) in [7, 11) is -0.119. The van der Waals surface area contributed by atoms with Gasteiger partial charge in [0.2, 0.25) is 5.78 Å². The summed E-state index contributed by atoms with van der Waals surface area (Å²) in [5.41, 5.74) is -12.3. The third-order valence-electron chi connectivity index (χ3n) is 9.62. The lowest BCUT2D eigenvalue weighted by atomic mass is 9.12. The van der Waals surface area contributed by atoms with Crippen molar-refractivity contribution in [3.05, 3.63) is 182 Å². The van der Waals surface area contributed by atoms with Gasteiger partial charge in [-0.2, -0.15) is 0 Å². The maximum absolute atomic E-state index is 15.4. The molecule has 0 aliphatic carbocycles. The van der Waals surface area contributed by atoms with E-state index >= 15 is 35.1 Å². The Kier molecular flexibility index (Phi) is 14.5. The van der Waals surface area contributed by atoms with Crippen LogP contribution >= 0.6 is 12.6 Å². The van der Waals surface area contributed by atoms with Crippen LogP contribution in [0, 0.1) is 123 Å². The van der Waals surface area contributed by atoms with Crippen LogP contribution in [0.2, 0.25) is 0 Å². The van der Waals surface area contributed by atoms with Crippen molar-refractivity contribution in [1.82, 2.24) is 0 Å². The van der Waals surface area contributed by atoms with Crippen LogP contribution in [0.25, 0.3) is 0 Å². The van der Waals surface area contributed by atoms with Gasteiger partial charge < -0.3 is 0 Å². The quantitative estimate of drug-likeness (QED) is 0.0291. The highest BCUT2D eigenvalue weighted by molar-refractivity contribution is 8.07. The average molecular weight is 968 g/mol. The zero-order valence-corrected chi connectivity index (χ0v) is 32.7. The van der Waals surface area contributed by atoms with Crippen molar-refractivity contribution in [2.75, 3.05) is 10.8 Å². The number of ketones is 1. The first-order valence-corrected chi connectivity index (χ1v) is 19.3. The summed E-state index contributed by atoms with van der Waals surface area (Å²) in [4.78, 5) is 13.4. The van der Waals surface area contributed by atoms with Gasteiger partial charge in [0.15, 0.2) is 85.5 Å². The monoisotopic (exact) mass is 968 g/mol. The first-order chi connectivity index (χ1) is 29.9. The van der Waals surface area contributed by atoms with Gasteiger partial charge in [0.05, 0.1) is 0 Å². The van der Waals surface area contributed by atoms with Crippen molar-refractivity contribution < 1.29 is 92.6 Å². The van der Waals surface area contributed by atoms with Crippen LogP contribution in [-0.2, 0) is 10.9 Å². The van der Waals surface area contributed by atoms with Crippen molar-refractivity contribution >= 4 is 57.3 Å². The van der Waals surface area contributed by atoms with E-state index in [1.165, 1.54) is 10.5 Å². The second-order valence-corrected chi connectivity index (χ2v) is 15.9. The first kappa shape index (κ1) is 49.4. The first-order valence-electron chi connectivity index (χ1n) is 17.1. The molecule has 1 unspecified atom stereocenters. The predicted molar refractivity (Wildman–Crippen MR) is 196 cm³/mol. The van der Waals surface area contributed by atoms with Crippen LogP contribution in [0.15, 0.2) is 59.5 Å². The normalized spacial score (nSPS) is 12.0. The molecule has 0 aliphatic rings. The second kappa shape index (κ2) is 18.8. The van der Waals surface area contributed by atoms with Crippen molar-refractivity contribution in [3.8, 4) is 0 Å². The number of thiol groups is 1. The summed E-state index contributed by atoms with van der Waals surface area (Å²) in [5.74, 6) is -70.7. The molecule has 6 rings (SSSR count). The van der Waals surface area contributed by atoms with Crippen molar-refractivity contribution in [2.24, 2.45) is 0 Å². The number of rotatable bonds is 9. The minimum absolute atomic E-state index is 0.119. The van der Waals surface area contributed by atoms with E-state index in [0.29, 0.717) is 10.8 Å². The molecule has 64 heavy (non-hydrogen) atoms. The lowest BCUT2D eigenvalue weighted by molar-refractivity contribution is 0.102. The molecule has 6 aromatic rings. The molecule has 338 valence electrons. The summed E-state index contributed by atoms with van der Waals surface area (Å²) in [6.45, 7) is 2.07. The number of carbonyl (C=O) groups excluding carboxylic acids is 1. The van der Waals surface area contributed by atoms with Crippen LogP contribution in [0.1, 0.15) is 15.9 Å². The Morgan fingerprint density at radius 1 is 0.406 bits per heavy atom. The molecular formula is C40H17BF20OS2. The van der Waals surface area contributed by atoms with E-state index in [9.17, 15) is 57.5 Å². The van der Waals surface area contributed by atoms with E-state index < -0.39 is 144 Å². The smallest absolute Gasteiger partial charge is 0.212 e. The molecule has 0 fully saturated rings. The van der Waals surface area contributed by atoms with Gasteiger partial charge >= 0.3 is 0 Å². The zero-order chi connectivity index (χ0) is 48.0. The topological polar surface area (TPSA) is 17.1 Å². The summed E-state index contributed by atoms with van der Waals surface area (Å²) >= 11 is 4.40. The van der Waals surface area contributed by atoms with Crippen LogP contribution in [0.3, 0.4) is 0 Å². The van der Waals surface area contributed by atoms with Gasteiger partial charge in [0, 0.05) is 16.5 Å². The van der Waals surface area contributed by atoms with Crippen molar-refractivity contribution in [1.29, 1.82) is 0 Å². The summed E-state index contributed by atoms with van der Waals surface area (Å²) in [6, 6.07) is 17.9. The van der Waals surface area contributed by atoms with E-state index in [1.54, 1.807) is 0 Å². The SMILES string of the molecule is Cc1ccc([S+](CS)CC(=O)c2ccccc2)cc1.Fc1c(F)c(F)c([B-](c2c(F)c(F)c(F)c(F)c2F)(c2c(F)c(F)c(F)c(F)c2F)c2c(F)c(F)c(F)c(F)c2F)c(F)c1F. The molecule has 0 bridgehead atoms. The number of hydrogen-bond donors (Lipinski definition) is 1. The highest BCUT2D eigenvalue weighted by Crippen LogP contribution is 2.31. The maximum atomic E-state index is 15.4. The fourth-order valence-corrected chi connectivity index (χ4v) is 8.81. The molecular weight excluding hydrogens is 951 g/mol. The molecule has 6 aromatic carbocycles. The second-order valence-electron chi connectivity index (χ2n) is 13.2. The van der Waals surface area contributed by atoms with Gasteiger partial charge in [-0.1, -0.05) is 48.0 Å². The van der Waals surface area contributed by atoms with E-state index in [-0.39, 0.29) is 16.7 Å². The summed E-state index contributed by atoms with van der Waals surface area (Å²) in [5, 5.41) is 0.710. The minimum Gasteiger partial charge on any atom is -0.289 e. The van der Waals surface area contributed by atoms with E-state index in [0.717, 1.165) is 5.56 Å². The third kappa shape index (κ3) is 8.06. The van der Waals surface area contributed by atoms with Crippen LogP contribution < -0.4 is 21.9 Å². The fraction of sp³-hybridized carbons (Fsp3) is 0.0750. The molecule has 0 spiro atoms. The van der Waals surface area contributed by atoms with Gasteiger partial charge in [0.25, 0.3) is 0 Å². The van der Waals surface area contributed by atoms with Crippen molar-refractivity contribution in [2.45, 2.75) is 11.8 Å².